The fraction of sp³-hybridized carbons (Fsp3) is 0.200. The average molecular weight is 302 g/mol. The minimum absolute atomic E-state index is 0.247. The molecular formula is C15H18N4O3. The van der Waals surface area contributed by atoms with Crippen LogP contribution in [0.1, 0.15) is 10.6 Å². The third-order valence-electron chi connectivity index (χ3n) is 2.79. The number of nitrogens with one attached hydrogen (secondary N) is 2. The Morgan fingerprint density at radius 1 is 1.32 bits per heavy atom. The first kappa shape index (κ1) is 15.4. The number of carbonyl (C=O) groups is 1. The molecule has 0 saturated carbocycles. The summed E-state index contributed by atoms with van der Waals surface area (Å²) in [4.78, 5) is 15.7. The summed E-state index contributed by atoms with van der Waals surface area (Å²) in [5, 5.41) is 5.63. The SMILES string of the molecule is COc1ccccc1NC(N)=NCCNC(=O)c1ccco1. The van der Waals surface area contributed by atoms with Gasteiger partial charge < -0.3 is 25.5 Å². The molecule has 0 radical (unpaired) electrons. The van der Waals surface area contributed by atoms with Crippen molar-refractivity contribution < 1.29 is 13.9 Å². The first-order chi connectivity index (χ1) is 10.7. The Kier molecular flexibility index (Phi) is 5.42. The van der Waals surface area contributed by atoms with E-state index >= 15 is 0 Å². The molecule has 0 unspecified atom stereocenters. The lowest BCUT2D eigenvalue weighted by atomic mass is 10.3. The number of amides is 1. The van der Waals surface area contributed by atoms with E-state index in [1.165, 1.54) is 6.26 Å². The Balaban J connectivity index is 1.79. The fourth-order valence-corrected chi connectivity index (χ4v) is 1.77. The van der Waals surface area contributed by atoms with Crippen molar-refractivity contribution in [2.24, 2.45) is 10.7 Å². The second kappa shape index (κ2) is 7.72. The molecule has 1 heterocycles. The molecular weight excluding hydrogens is 284 g/mol. The van der Waals surface area contributed by atoms with Gasteiger partial charge in [0.05, 0.1) is 25.6 Å². The number of ether oxygens (including phenoxy) is 1. The molecule has 0 saturated heterocycles. The van der Waals surface area contributed by atoms with Crippen LogP contribution in [0.15, 0.2) is 52.1 Å². The number of benzene rings is 1. The van der Waals surface area contributed by atoms with Gasteiger partial charge in [0.2, 0.25) is 0 Å². The molecule has 2 aromatic rings. The highest BCUT2D eigenvalue weighted by atomic mass is 16.5. The zero-order chi connectivity index (χ0) is 15.8. The van der Waals surface area contributed by atoms with Crippen LogP contribution in [0.4, 0.5) is 5.69 Å². The maximum atomic E-state index is 11.6. The van der Waals surface area contributed by atoms with Crippen LogP contribution in [0.25, 0.3) is 0 Å². The van der Waals surface area contributed by atoms with Crippen LogP contribution in [0, 0.1) is 0 Å². The first-order valence-corrected chi connectivity index (χ1v) is 6.72. The van der Waals surface area contributed by atoms with Crippen LogP contribution in [0.3, 0.4) is 0 Å². The molecule has 1 amide bonds. The molecule has 0 bridgehead atoms. The Labute approximate surface area is 128 Å². The number of nitrogens with two attached hydrogens (primary N) is 1. The van der Waals surface area contributed by atoms with Crippen molar-refractivity contribution in [3.63, 3.8) is 0 Å². The van der Waals surface area contributed by atoms with E-state index in [2.05, 4.69) is 15.6 Å². The van der Waals surface area contributed by atoms with E-state index in [4.69, 9.17) is 14.9 Å². The predicted octanol–water partition coefficient (Wildman–Crippen LogP) is 1.44. The van der Waals surface area contributed by atoms with Crippen LogP contribution in [-0.2, 0) is 0 Å². The minimum Gasteiger partial charge on any atom is -0.495 e. The molecule has 0 fully saturated rings. The molecule has 2 rings (SSSR count). The summed E-state index contributed by atoms with van der Waals surface area (Å²) in [6.45, 7) is 0.703. The lowest BCUT2D eigenvalue weighted by Crippen LogP contribution is -2.28. The van der Waals surface area contributed by atoms with E-state index in [1.54, 1.807) is 19.2 Å². The highest BCUT2D eigenvalue weighted by Gasteiger charge is 2.06. The Morgan fingerprint density at radius 2 is 2.14 bits per heavy atom. The second-order valence-electron chi connectivity index (χ2n) is 4.33. The largest absolute Gasteiger partial charge is 0.495 e. The van der Waals surface area contributed by atoms with Crippen LogP contribution < -0.4 is 21.1 Å². The van der Waals surface area contributed by atoms with Crippen LogP contribution in [0.2, 0.25) is 0 Å². The summed E-state index contributed by atoms with van der Waals surface area (Å²) >= 11 is 0. The molecule has 7 heteroatoms. The number of para-hydroxylation sites is 2. The molecule has 22 heavy (non-hydrogen) atoms. The first-order valence-electron chi connectivity index (χ1n) is 6.72. The van der Waals surface area contributed by atoms with Gasteiger partial charge in [0.25, 0.3) is 5.91 Å². The number of carbonyl (C=O) groups excluding carboxylic acids is 1. The molecule has 0 aliphatic rings. The van der Waals surface area contributed by atoms with E-state index in [1.807, 2.05) is 24.3 Å². The number of hydrogen-bond acceptors (Lipinski definition) is 4. The standard InChI is InChI=1S/C15H18N4O3/c1-21-12-6-3-2-5-11(12)19-15(16)18-9-8-17-14(20)13-7-4-10-22-13/h2-7,10H,8-9H2,1H3,(H,17,20)(H3,16,18,19). The number of guanidine groups is 1. The third-order valence-corrected chi connectivity index (χ3v) is 2.79. The summed E-state index contributed by atoms with van der Waals surface area (Å²) in [5.74, 6) is 0.907. The monoisotopic (exact) mass is 302 g/mol. The average Bonchev–Trinajstić information content (AvgIpc) is 3.06. The van der Waals surface area contributed by atoms with Crippen LogP contribution >= 0.6 is 0 Å². The molecule has 116 valence electrons. The Morgan fingerprint density at radius 3 is 2.86 bits per heavy atom. The number of aliphatic imine (C=N–C) groups is 1. The van der Waals surface area contributed by atoms with Crippen molar-refractivity contribution in [3.8, 4) is 5.75 Å². The van der Waals surface area contributed by atoms with Crippen molar-refractivity contribution in [1.82, 2.24) is 5.32 Å². The van der Waals surface area contributed by atoms with Crippen molar-refractivity contribution in [2.45, 2.75) is 0 Å². The van der Waals surface area contributed by atoms with E-state index in [0.29, 0.717) is 18.8 Å². The Hall–Kier alpha value is -2.96. The molecule has 0 aliphatic heterocycles. The van der Waals surface area contributed by atoms with Gasteiger partial charge >= 0.3 is 0 Å². The maximum absolute atomic E-state index is 11.6. The van der Waals surface area contributed by atoms with Crippen molar-refractivity contribution in [3.05, 3.63) is 48.4 Å². The summed E-state index contributed by atoms with van der Waals surface area (Å²) in [5.41, 5.74) is 6.52. The highest BCUT2D eigenvalue weighted by molar-refractivity contribution is 5.94. The van der Waals surface area contributed by atoms with Gasteiger partial charge in [-0.15, -0.1) is 0 Å². The third kappa shape index (κ3) is 4.27. The molecule has 4 N–H and O–H groups in total. The van der Waals surface area contributed by atoms with E-state index in [-0.39, 0.29) is 17.6 Å². The van der Waals surface area contributed by atoms with Crippen LogP contribution in [0.5, 0.6) is 5.75 Å². The van der Waals surface area contributed by atoms with E-state index < -0.39 is 0 Å². The van der Waals surface area contributed by atoms with Gasteiger partial charge in [0, 0.05) is 6.54 Å². The molecule has 1 aromatic carbocycles. The van der Waals surface area contributed by atoms with Gasteiger partial charge in [-0.05, 0) is 24.3 Å². The summed E-state index contributed by atoms with van der Waals surface area (Å²) in [7, 11) is 1.58. The summed E-state index contributed by atoms with van der Waals surface area (Å²) in [6.07, 6.45) is 1.45. The normalized spacial score (nSPS) is 11.0. The molecule has 0 atom stereocenters. The highest BCUT2D eigenvalue weighted by Crippen LogP contribution is 2.22. The predicted molar refractivity (Wildman–Crippen MR) is 84.1 cm³/mol. The Bertz CT molecular complexity index is 638. The summed E-state index contributed by atoms with van der Waals surface area (Å²) in [6, 6.07) is 10.6. The zero-order valence-corrected chi connectivity index (χ0v) is 12.2. The second-order valence-corrected chi connectivity index (χ2v) is 4.33. The molecule has 0 aliphatic carbocycles. The van der Waals surface area contributed by atoms with Crippen molar-refractivity contribution in [1.29, 1.82) is 0 Å². The number of hydrogen-bond donors (Lipinski definition) is 3. The van der Waals surface area contributed by atoms with E-state index in [0.717, 1.165) is 5.69 Å². The van der Waals surface area contributed by atoms with Gasteiger partial charge in [-0.1, -0.05) is 12.1 Å². The quantitative estimate of drug-likeness (QED) is 0.426. The summed E-state index contributed by atoms with van der Waals surface area (Å²) < 4.78 is 10.2. The van der Waals surface area contributed by atoms with Crippen LogP contribution in [-0.4, -0.2) is 32.1 Å². The fourth-order valence-electron chi connectivity index (χ4n) is 1.77. The van der Waals surface area contributed by atoms with Gasteiger partial charge in [-0.3, -0.25) is 9.79 Å². The lowest BCUT2D eigenvalue weighted by molar-refractivity contribution is 0.0927. The van der Waals surface area contributed by atoms with Gasteiger partial charge in [-0.2, -0.15) is 0 Å². The molecule has 0 spiro atoms. The topological polar surface area (TPSA) is 102 Å². The van der Waals surface area contributed by atoms with Crippen molar-refractivity contribution >= 4 is 17.6 Å². The number of anilines is 1. The lowest BCUT2D eigenvalue weighted by Gasteiger charge is -2.10. The zero-order valence-electron chi connectivity index (χ0n) is 12.2. The maximum Gasteiger partial charge on any atom is 0.287 e. The van der Waals surface area contributed by atoms with Crippen molar-refractivity contribution in [2.75, 3.05) is 25.5 Å². The molecule has 7 nitrogen and oxygen atoms in total. The smallest absolute Gasteiger partial charge is 0.287 e. The van der Waals surface area contributed by atoms with Gasteiger partial charge in [-0.25, -0.2) is 0 Å². The molecule has 1 aromatic heterocycles. The number of rotatable bonds is 6. The number of methoxy groups -OCH3 is 1. The van der Waals surface area contributed by atoms with Gasteiger partial charge in [0.15, 0.2) is 11.7 Å². The van der Waals surface area contributed by atoms with Gasteiger partial charge in [0.1, 0.15) is 5.75 Å². The minimum atomic E-state index is -0.281. The number of furan rings is 1. The van der Waals surface area contributed by atoms with E-state index in [9.17, 15) is 4.79 Å². The number of nitrogens with zero attached hydrogens (tertiary/aromatic N) is 1.